The molecule has 4 aromatic carbocycles. The van der Waals surface area contributed by atoms with Gasteiger partial charge in [0.25, 0.3) is 0 Å². The Hall–Kier alpha value is -3.50. The topological polar surface area (TPSA) is 58.9 Å². The summed E-state index contributed by atoms with van der Waals surface area (Å²) in [6.07, 6.45) is 0. The van der Waals surface area contributed by atoms with Crippen LogP contribution in [-0.4, -0.2) is 24.4 Å². The first kappa shape index (κ1) is 20.4. The molecular formula is C28H26O4. The Bertz CT molecular complexity index is 1350. The fraction of sp³-hybridized carbons (Fsp3) is 0.214. The summed E-state index contributed by atoms with van der Waals surface area (Å²) in [6, 6.07) is 20.2. The molecule has 0 radical (unpaired) electrons. The minimum atomic E-state index is -0.273. The molecule has 32 heavy (non-hydrogen) atoms. The van der Waals surface area contributed by atoms with E-state index >= 15 is 0 Å². The smallest absolute Gasteiger partial charge is 0.161 e. The summed E-state index contributed by atoms with van der Waals surface area (Å²) < 4.78 is 11.0. The minimum absolute atomic E-state index is 0.0393. The molecule has 4 nitrogen and oxygen atoms in total. The van der Waals surface area contributed by atoms with Crippen molar-refractivity contribution < 1.29 is 19.7 Å². The van der Waals surface area contributed by atoms with Gasteiger partial charge < -0.3 is 19.7 Å². The van der Waals surface area contributed by atoms with E-state index in [0.717, 1.165) is 44.2 Å². The lowest BCUT2D eigenvalue weighted by atomic mass is 9.81. The lowest BCUT2D eigenvalue weighted by Crippen LogP contribution is -2.15. The van der Waals surface area contributed by atoms with Crippen LogP contribution in [-0.2, 0) is 12.0 Å². The van der Waals surface area contributed by atoms with Crippen LogP contribution in [0, 0.1) is 0 Å². The number of phenolic OH excluding ortho intramolecular Hbond substituents is 1. The molecule has 0 amide bonds. The zero-order valence-electron chi connectivity index (χ0n) is 18.7. The average molecular weight is 427 g/mol. The van der Waals surface area contributed by atoms with Gasteiger partial charge in [-0.25, -0.2) is 0 Å². The maximum atomic E-state index is 10.9. The number of fused-ring (bicyclic) bond motifs is 5. The van der Waals surface area contributed by atoms with Crippen molar-refractivity contribution in [1.82, 2.24) is 0 Å². The number of aromatic hydroxyl groups is 1. The highest BCUT2D eigenvalue weighted by Crippen LogP contribution is 2.54. The third-order valence-electron chi connectivity index (χ3n) is 6.72. The highest BCUT2D eigenvalue weighted by molar-refractivity contribution is 6.06. The number of phenols is 1. The van der Waals surface area contributed by atoms with Crippen molar-refractivity contribution in [1.29, 1.82) is 0 Å². The maximum absolute atomic E-state index is 10.9. The van der Waals surface area contributed by atoms with E-state index in [2.05, 4.69) is 32.0 Å². The van der Waals surface area contributed by atoms with Crippen LogP contribution in [0.2, 0.25) is 0 Å². The maximum Gasteiger partial charge on any atom is 0.161 e. The molecule has 0 spiro atoms. The van der Waals surface area contributed by atoms with E-state index in [-0.39, 0.29) is 17.8 Å². The second-order valence-electron chi connectivity index (χ2n) is 8.81. The zero-order chi connectivity index (χ0) is 22.6. The van der Waals surface area contributed by atoms with Gasteiger partial charge in [-0.15, -0.1) is 0 Å². The normalized spacial score (nSPS) is 13.7. The standard InChI is InChI=1S/C28H26O4/c1-28(2)22-11-18(17-7-5-16(15-29)6-8-17)9-10-19(22)27-21-13-26(32-4)25(31-3)12-20(21)24(30)14-23(27)28/h5-14,29-30H,15H2,1-4H3. The van der Waals surface area contributed by atoms with Crippen LogP contribution in [0.1, 0.15) is 30.5 Å². The van der Waals surface area contributed by atoms with E-state index in [9.17, 15) is 10.2 Å². The molecule has 1 aliphatic carbocycles. The van der Waals surface area contributed by atoms with Crippen LogP contribution < -0.4 is 9.47 Å². The first-order chi connectivity index (χ1) is 15.4. The van der Waals surface area contributed by atoms with Crippen LogP contribution in [0.5, 0.6) is 17.2 Å². The Labute approximate surface area is 187 Å². The predicted molar refractivity (Wildman–Crippen MR) is 128 cm³/mol. The number of hydrogen-bond donors (Lipinski definition) is 2. The summed E-state index contributed by atoms with van der Waals surface area (Å²) in [6.45, 7) is 4.43. The molecule has 162 valence electrons. The van der Waals surface area contributed by atoms with Crippen molar-refractivity contribution in [2.24, 2.45) is 0 Å². The molecule has 2 N–H and O–H groups in total. The van der Waals surface area contributed by atoms with Gasteiger partial charge in [-0.05, 0) is 68.6 Å². The Morgan fingerprint density at radius 3 is 2.00 bits per heavy atom. The van der Waals surface area contributed by atoms with Gasteiger partial charge in [0.1, 0.15) is 5.75 Å². The molecule has 4 aromatic rings. The summed E-state index contributed by atoms with van der Waals surface area (Å²) >= 11 is 0. The van der Waals surface area contributed by atoms with Gasteiger partial charge in [-0.3, -0.25) is 0 Å². The molecular weight excluding hydrogens is 400 g/mol. The molecule has 0 aromatic heterocycles. The fourth-order valence-electron chi connectivity index (χ4n) is 4.92. The number of benzene rings is 4. The molecule has 1 aliphatic rings. The van der Waals surface area contributed by atoms with E-state index in [4.69, 9.17) is 9.47 Å². The van der Waals surface area contributed by atoms with Gasteiger partial charge in [-0.2, -0.15) is 0 Å². The van der Waals surface area contributed by atoms with Crippen LogP contribution >= 0.6 is 0 Å². The predicted octanol–water partition coefficient (Wildman–Crippen LogP) is 6.03. The second kappa shape index (κ2) is 7.28. The summed E-state index contributed by atoms with van der Waals surface area (Å²) in [5.74, 6) is 1.47. The molecule has 5 rings (SSSR count). The van der Waals surface area contributed by atoms with Gasteiger partial charge in [0.2, 0.25) is 0 Å². The van der Waals surface area contributed by atoms with Crippen molar-refractivity contribution in [3.05, 3.63) is 77.4 Å². The highest BCUT2D eigenvalue weighted by Gasteiger charge is 2.37. The second-order valence-corrected chi connectivity index (χ2v) is 8.81. The van der Waals surface area contributed by atoms with Gasteiger partial charge in [0, 0.05) is 10.8 Å². The van der Waals surface area contributed by atoms with Crippen LogP contribution in [0.4, 0.5) is 0 Å². The largest absolute Gasteiger partial charge is 0.507 e. The number of aliphatic hydroxyl groups is 1. The SMILES string of the molecule is COc1cc2c(O)cc3c(c2cc1OC)-c1ccc(-c2ccc(CO)cc2)cc1C3(C)C. The summed E-state index contributed by atoms with van der Waals surface area (Å²) in [4.78, 5) is 0. The number of rotatable bonds is 4. The fourth-order valence-corrected chi connectivity index (χ4v) is 4.92. The van der Waals surface area contributed by atoms with Gasteiger partial charge >= 0.3 is 0 Å². The molecule has 0 aliphatic heterocycles. The van der Waals surface area contributed by atoms with E-state index in [1.807, 2.05) is 42.5 Å². The molecule has 0 fully saturated rings. The quantitative estimate of drug-likeness (QED) is 0.418. The van der Waals surface area contributed by atoms with Gasteiger partial charge in [0.05, 0.1) is 20.8 Å². The monoisotopic (exact) mass is 426 g/mol. The van der Waals surface area contributed by atoms with Crippen LogP contribution in [0.3, 0.4) is 0 Å². The molecule has 0 atom stereocenters. The average Bonchev–Trinajstić information content (AvgIpc) is 3.04. The first-order valence-corrected chi connectivity index (χ1v) is 10.7. The third kappa shape index (κ3) is 2.87. The number of aliphatic hydroxyl groups excluding tert-OH is 1. The Morgan fingerprint density at radius 1 is 0.750 bits per heavy atom. The van der Waals surface area contributed by atoms with Crippen LogP contribution in [0.25, 0.3) is 33.0 Å². The minimum Gasteiger partial charge on any atom is -0.507 e. The third-order valence-corrected chi connectivity index (χ3v) is 6.72. The lowest BCUT2D eigenvalue weighted by Gasteiger charge is -2.22. The van der Waals surface area contributed by atoms with Crippen molar-refractivity contribution in [2.75, 3.05) is 14.2 Å². The van der Waals surface area contributed by atoms with Crippen molar-refractivity contribution in [3.63, 3.8) is 0 Å². The zero-order valence-corrected chi connectivity index (χ0v) is 18.7. The Kier molecular flexibility index (Phi) is 4.64. The summed E-state index contributed by atoms with van der Waals surface area (Å²) in [7, 11) is 3.22. The van der Waals surface area contributed by atoms with Crippen molar-refractivity contribution in [3.8, 4) is 39.5 Å². The van der Waals surface area contributed by atoms with E-state index in [1.54, 1.807) is 14.2 Å². The molecule has 0 heterocycles. The molecule has 0 unspecified atom stereocenters. The summed E-state index contributed by atoms with van der Waals surface area (Å²) in [5, 5.41) is 21.9. The number of hydrogen-bond acceptors (Lipinski definition) is 4. The highest BCUT2D eigenvalue weighted by atomic mass is 16.5. The Balaban J connectivity index is 1.75. The lowest BCUT2D eigenvalue weighted by molar-refractivity contribution is 0.282. The molecule has 0 saturated heterocycles. The van der Waals surface area contributed by atoms with E-state index < -0.39 is 0 Å². The molecule has 4 heteroatoms. The van der Waals surface area contributed by atoms with Crippen molar-refractivity contribution in [2.45, 2.75) is 25.9 Å². The van der Waals surface area contributed by atoms with E-state index in [0.29, 0.717) is 11.5 Å². The first-order valence-electron chi connectivity index (χ1n) is 10.7. The summed E-state index contributed by atoms with van der Waals surface area (Å²) in [5.41, 5.74) is 7.46. The van der Waals surface area contributed by atoms with E-state index in [1.165, 1.54) is 5.56 Å². The van der Waals surface area contributed by atoms with Crippen molar-refractivity contribution >= 4 is 10.8 Å². The van der Waals surface area contributed by atoms with Gasteiger partial charge in [0.15, 0.2) is 11.5 Å². The number of ether oxygens (including phenoxy) is 2. The number of methoxy groups -OCH3 is 2. The molecule has 0 saturated carbocycles. The van der Waals surface area contributed by atoms with Gasteiger partial charge in [-0.1, -0.05) is 50.2 Å². The van der Waals surface area contributed by atoms with Crippen LogP contribution in [0.15, 0.2) is 60.7 Å². The Morgan fingerprint density at radius 2 is 1.38 bits per heavy atom. The molecule has 0 bridgehead atoms.